The number of halogens is 2. The molecule has 4 heterocycles. The van der Waals surface area contributed by atoms with Crippen LogP contribution in [0.5, 0.6) is 0 Å². The fourth-order valence-corrected chi connectivity index (χ4v) is 4.34. The van der Waals surface area contributed by atoms with Crippen molar-refractivity contribution in [3.8, 4) is 11.4 Å². The minimum Gasteiger partial charge on any atom is -0.318 e. The standard InChI is InChI=1S/C17H10ClFN6/c18-8-4-5-11-12(6-8)24-13-7-14(17(24)20-11)25-16(21-22-23-25)9-2-1-3-10(19)15(9)13/h1-6,13-14H,7H2/t13-,14-/m1/s1. The summed E-state index contributed by atoms with van der Waals surface area (Å²) in [5, 5.41) is 12.7. The van der Waals surface area contributed by atoms with E-state index in [-0.39, 0.29) is 17.9 Å². The zero-order valence-electron chi connectivity index (χ0n) is 12.8. The molecule has 2 aliphatic heterocycles. The van der Waals surface area contributed by atoms with Gasteiger partial charge in [-0.3, -0.25) is 0 Å². The maximum Gasteiger partial charge on any atom is 0.183 e. The van der Waals surface area contributed by atoms with E-state index in [0.29, 0.717) is 22.8 Å². The van der Waals surface area contributed by atoms with Crippen LogP contribution in [0.15, 0.2) is 36.4 Å². The van der Waals surface area contributed by atoms with Crippen LogP contribution in [0.4, 0.5) is 4.39 Å². The molecule has 0 amide bonds. The molecule has 0 N–H and O–H groups in total. The van der Waals surface area contributed by atoms with Crippen molar-refractivity contribution < 1.29 is 4.39 Å². The van der Waals surface area contributed by atoms with E-state index in [0.717, 1.165) is 22.4 Å². The average molecular weight is 353 g/mol. The van der Waals surface area contributed by atoms with Gasteiger partial charge < -0.3 is 4.57 Å². The summed E-state index contributed by atoms with van der Waals surface area (Å²) in [5.41, 5.74) is 3.08. The van der Waals surface area contributed by atoms with Gasteiger partial charge in [0, 0.05) is 22.6 Å². The second kappa shape index (κ2) is 4.43. The zero-order chi connectivity index (χ0) is 16.7. The van der Waals surface area contributed by atoms with Gasteiger partial charge in [0.1, 0.15) is 17.7 Å². The molecule has 25 heavy (non-hydrogen) atoms. The molecule has 0 radical (unpaired) electrons. The summed E-state index contributed by atoms with van der Waals surface area (Å²) < 4.78 is 18.7. The van der Waals surface area contributed by atoms with Gasteiger partial charge in [-0.1, -0.05) is 23.7 Å². The topological polar surface area (TPSA) is 61.4 Å². The van der Waals surface area contributed by atoms with Crippen LogP contribution in [0.3, 0.4) is 0 Å². The number of fused-ring (bicyclic) bond motifs is 6. The molecular formula is C17H10ClFN6. The zero-order valence-corrected chi connectivity index (χ0v) is 13.5. The normalized spacial score (nSPS) is 20.2. The number of imidazole rings is 1. The number of hydrogen-bond acceptors (Lipinski definition) is 4. The highest BCUT2D eigenvalue weighted by molar-refractivity contribution is 6.31. The molecule has 122 valence electrons. The molecule has 2 bridgehead atoms. The highest BCUT2D eigenvalue weighted by Crippen LogP contribution is 2.49. The van der Waals surface area contributed by atoms with Crippen molar-refractivity contribution in [2.24, 2.45) is 0 Å². The quantitative estimate of drug-likeness (QED) is 0.487. The van der Waals surface area contributed by atoms with Gasteiger partial charge >= 0.3 is 0 Å². The lowest BCUT2D eigenvalue weighted by Gasteiger charge is -2.18. The minimum atomic E-state index is -0.255. The predicted molar refractivity (Wildman–Crippen MR) is 88.8 cm³/mol. The summed E-state index contributed by atoms with van der Waals surface area (Å²) in [4.78, 5) is 4.77. The molecule has 0 saturated heterocycles. The lowest BCUT2D eigenvalue weighted by Crippen LogP contribution is -2.13. The largest absolute Gasteiger partial charge is 0.318 e. The lowest BCUT2D eigenvalue weighted by molar-refractivity contribution is 0.483. The third-order valence-corrected chi connectivity index (χ3v) is 5.39. The summed E-state index contributed by atoms with van der Waals surface area (Å²) in [7, 11) is 0. The Morgan fingerprint density at radius 3 is 3.00 bits per heavy atom. The molecule has 2 atom stereocenters. The van der Waals surface area contributed by atoms with Crippen LogP contribution in [0.2, 0.25) is 5.02 Å². The monoisotopic (exact) mass is 352 g/mol. The first kappa shape index (κ1) is 13.5. The first-order valence-corrected chi connectivity index (χ1v) is 8.34. The Morgan fingerprint density at radius 1 is 1.16 bits per heavy atom. The number of hydrogen-bond donors (Lipinski definition) is 0. The van der Waals surface area contributed by atoms with Crippen molar-refractivity contribution >= 4 is 22.6 Å². The number of aromatic nitrogens is 6. The molecule has 4 aromatic rings. The molecule has 2 aromatic carbocycles. The van der Waals surface area contributed by atoms with Crippen LogP contribution < -0.4 is 0 Å². The summed E-state index contributed by atoms with van der Waals surface area (Å²) in [6, 6.07) is 10.3. The number of tetrazole rings is 1. The SMILES string of the molecule is Fc1cccc2c1[C@H]1C[C@H](c3nc4ccc(Cl)cc4n31)n1nnnc1-2. The molecule has 0 saturated carbocycles. The van der Waals surface area contributed by atoms with Gasteiger partial charge in [-0.2, -0.15) is 0 Å². The van der Waals surface area contributed by atoms with E-state index in [9.17, 15) is 4.39 Å². The fourth-order valence-electron chi connectivity index (χ4n) is 4.18. The van der Waals surface area contributed by atoms with E-state index in [1.54, 1.807) is 10.7 Å². The van der Waals surface area contributed by atoms with Gasteiger partial charge in [-0.05, 0) is 34.7 Å². The molecule has 0 spiro atoms. The summed E-state index contributed by atoms with van der Waals surface area (Å²) >= 11 is 6.19. The highest BCUT2D eigenvalue weighted by atomic mass is 35.5. The van der Waals surface area contributed by atoms with Gasteiger partial charge in [0.15, 0.2) is 5.82 Å². The Hall–Kier alpha value is -2.80. The first-order valence-electron chi connectivity index (χ1n) is 7.96. The molecule has 0 aliphatic carbocycles. The molecule has 6 nitrogen and oxygen atoms in total. The number of benzene rings is 2. The average Bonchev–Trinajstić information content (AvgIpc) is 3.26. The summed E-state index contributed by atoms with van der Waals surface area (Å²) in [6.45, 7) is 0. The van der Waals surface area contributed by atoms with Crippen LogP contribution in [-0.4, -0.2) is 29.8 Å². The third-order valence-electron chi connectivity index (χ3n) is 5.15. The van der Waals surface area contributed by atoms with E-state index >= 15 is 0 Å². The minimum absolute atomic E-state index is 0.132. The van der Waals surface area contributed by atoms with Crippen LogP contribution in [-0.2, 0) is 0 Å². The van der Waals surface area contributed by atoms with Crippen LogP contribution in [0.25, 0.3) is 22.4 Å². The van der Waals surface area contributed by atoms with Gasteiger partial charge in [0.2, 0.25) is 0 Å². The Balaban J connectivity index is 1.78. The van der Waals surface area contributed by atoms with E-state index in [2.05, 4.69) is 20.1 Å². The Kier molecular flexibility index (Phi) is 2.39. The summed E-state index contributed by atoms with van der Waals surface area (Å²) in [6.07, 6.45) is 0.663. The van der Waals surface area contributed by atoms with Crippen molar-refractivity contribution in [2.75, 3.05) is 0 Å². The van der Waals surface area contributed by atoms with Crippen molar-refractivity contribution in [3.63, 3.8) is 0 Å². The summed E-state index contributed by atoms with van der Waals surface area (Å²) in [5.74, 6) is 1.16. The van der Waals surface area contributed by atoms with Gasteiger partial charge in [-0.15, -0.1) is 5.10 Å². The van der Waals surface area contributed by atoms with Crippen LogP contribution in [0.1, 0.15) is 29.9 Å². The predicted octanol–water partition coefficient (Wildman–Crippen LogP) is 3.38. The van der Waals surface area contributed by atoms with Crippen molar-refractivity contribution in [2.45, 2.75) is 18.5 Å². The fraction of sp³-hybridized carbons (Fsp3) is 0.176. The van der Waals surface area contributed by atoms with E-state index in [1.165, 1.54) is 6.07 Å². The molecule has 6 rings (SSSR count). The molecule has 8 heteroatoms. The molecule has 2 aromatic heterocycles. The van der Waals surface area contributed by atoms with Crippen LogP contribution >= 0.6 is 11.6 Å². The molecular weight excluding hydrogens is 343 g/mol. The van der Waals surface area contributed by atoms with E-state index in [1.807, 2.05) is 24.3 Å². The smallest absolute Gasteiger partial charge is 0.183 e. The third kappa shape index (κ3) is 1.59. The molecule has 0 fully saturated rings. The van der Waals surface area contributed by atoms with Gasteiger partial charge in [0.05, 0.1) is 17.1 Å². The van der Waals surface area contributed by atoms with Crippen molar-refractivity contribution in [3.05, 3.63) is 58.6 Å². The second-order valence-electron chi connectivity index (χ2n) is 6.39. The van der Waals surface area contributed by atoms with E-state index in [4.69, 9.17) is 16.6 Å². The van der Waals surface area contributed by atoms with Crippen LogP contribution in [0, 0.1) is 5.82 Å². The number of rotatable bonds is 0. The second-order valence-corrected chi connectivity index (χ2v) is 6.82. The Labute approximate surface area is 145 Å². The Morgan fingerprint density at radius 2 is 2.08 bits per heavy atom. The molecule has 2 aliphatic rings. The lowest BCUT2D eigenvalue weighted by atomic mass is 9.98. The molecule has 0 unspecified atom stereocenters. The van der Waals surface area contributed by atoms with Gasteiger partial charge in [0.25, 0.3) is 0 Å². The Bertz CT molecular complexity index is 1180. The maximum atomic E-state index is 14.8. The van der Waals surface area contributed by atoms with Gasteiger partial charge in [-0.25, -0.2) is 14.1 Å². The van der Waals surface area contributed by atoms with E-state index < -0.39 is 0 Å². The first-order chi connectivity index (χ1) is 12.2. The van der Waals surface area contributed by atoms with Crippen molar-refractivity contribution in [1.82, 2.24) is 29.8 Å². The number of nitrogens with zero attached hydrogens (tertiary/aromatic N) is 6. The highest BCUT2D eigenvalue weighted by Gasteiger charge is 2.43. The maximum absolute atomic E-state index is 14.8. The van der Waals surface area contributed by atoms with Crippen molar-refractivity contribution in [1.29, 1.82) is 0 Å².